The van der Waals surface area contributed by atoms with E-state index in [0.29, 0.717) is 19.5 Å². The quantitative estimate of drug-likeness (QED) is 0.189. The van der Waals surface area contributed by atoms with Crippen LogP contribution >= 0.6 is 0 Å². The topological polar surface area (TPSA) is 40.6 Å². The van der Waals surface area contributed by atoms with Gasteiger partial charge in [-0.1, -0.05) is 145 Å². The van der Waals surface area contributed by atoms with Crippen molar-refractivity contribution in [3.8, 4) is 0 Å². The average molecular weight is 571 g/mol. The Hall–Kier alpha value is -2.62. The van der Waals surface area contributed by atoms with Gasteiger partial charge in [-0.2, -0.15) is 0 Å². The molecule has 0 unspecified atom stereocenters. The summed E-state index contributed by atoms with van der Waals surface area (Å²) in [4.78, 5) is 32.6. The minimum atomic E-state index is -0.611. The standard InChI is InChI=1S/C38H54N2O2/c1-2-3-4-5-6-7-8-9-10-11-12-13-17-26-35(41)40-30-29-38(37(40)27-20-21-28-37)33-24-18-19-25-34(33)39(36(38)42)31-32-22-15-14-16-23-32/h14-16,18-19,22-25H,2-13,17,20-21,26-31H2,1H3/t38-/m1/s1. The highest BCUT2D eigenvalue weighted by Gasteiger charge is 2.69. The van der Waals surface area contributed by atoms with E-state index in [4.69, 9.17) is 0 Å². The number of unbranched alkanes of at least 4 members (excludes halogenated alkanes) is 12. The van der Waals surface area contributed by atoms with E-state index < -0.39 is 5.41 Å². The molecule has 3 aliphatic rings. The predicted octanol–water partition coefficient (Wildman–Crippen LogP) is 9.50. The number of anilines is 1. The number of hydrogen-bond acceptors (Lipinski definition) is 2. The zero-order chi connectivity index (χ0) is 29.3. The number of benzene rings is 2. The maximum Gasteiger partial charge on any atom is 0.240 e. The number of rotatable bonds is 16. The molecule has 1 saturated carbocycles. The number of fused-ring (bicyclic) bond motifs is 3. The fourth-order valence-corrected chi connectivity index (χ4v) is 8.54. The van der Waals surface area contributed by atoms with Crippen LogP contribution in [0.25, 0.3) is 0 Å². The Morgan fingerprint density at radius 2 is 1.29 bits per heavy atom. The average Bonchev–Trinajstić information content (AvgIpc) is 3.70. The summed E-state index contributed by atoms with van der Waals surface area (Å²) in [5, 5.41) is 0. The molecular weight excluding hydrogens is 516 g/mol. The van der Waals surface area contributed by atoms with Gasteiger partial charge in [-0.25, -0.2) is 0 Å². The van der Waals surface area contributed by atoms with Crippen LogP contribution in [0.5, 0.6) is 0 Å². The summed E-state index contributed by atoms with van der Waals surface area (Å²) in [6.45, 7) is 3.57. The Balaban J connectivity index is 1.16. The van der Waals surface area contributed by atoms with Crippen molar-refractivity contribution in [2.75, 3.05) is 11.4 Å². The second-order valence-electron chi connectivity index (χ2n) is 13.3. The molecule has 2 aromatic carbocycles. The summed E-state index contributed by atoms with van der Waals surface area (Å²) < 4.78 is 0. The lowest BCUT2D eigenvalue weighted by atomic mass is 9.65. The minimum Gasteiger partial charge on any atom is -0.336 e. The van der Waals surface area contributed by atoms with Crippen molar-refractivity contribution in [1.82, 2.24) is 4.90 Å². The maximum atomic E-state index is 14.6. The highest BCUT2D eigenvalue weighted by Crippen LogP contribution is 2.61. The molecule has 0 aromatic heterocycles. The van der Waals surface area contributed by atoms with E-state index >= 15 is 0 Å². The van der Waals surface area contributed by atoms with Gasteiger partial charge in [0.2, 0.25) is 11.8 Å². The molecule has 2 fully saturated rings. The SMILES string of the molecule is CCCCCCCCCCCCCCCC(=O)N1CC[C@@]2(C(=O)N(Cc3ccccc3)c3ccccc32)C12CCCC2. The van der Waals surface area contributed by atoms with Gasteiger partial charge in [0, 0.05) is 18.7 Å². The molecule has 0 N–H and O–H groups in total. The zero-order valence-electron chi connectivity index (χ0n) is 26.3. The molecule has 42 heavy (non-hydrogen) atoms. The maximum absolute atomic E-state index is 14.6. The molecule has 1 atom stereocenters. The number of nitrogens with zero attached hydrogens (tertiary/aromatic N) is 2. The summed E-state index contributed by atoms with van der Waals surface area (Å²) in [6.07, 6.45) is 22.5. The van der Waals surface area contributed by atoms with Crippen molar-refractivity contribution in [2.45, 2.75) is 146 Å². The van der Waals surface area contributed by atoms with E-state index in [9.17, 15) is 9.59 Å². The van der Waals surface area contributed by atoms with Gasteiger partial charge in [0.1, 0.15) is 5.41 Å². The molecule has 228 valence electrons. The first-order chi connectivity index (χ1) is 20.6. The van der Waals surface area contributed by atoms with E-state index in [1.54, 1.807) is 0 Å². The minimum absolute atomic E-state index is 0.214. The molecule has 2 aliphatic heterocycles. The molecule has 2 aromatic rings. The van der Waals surface area contributed by atoms with Gasteiger partial charge in [0.15, 0.2) is 0 Å². The Kier molecular flexibility index (Phi) is 10.8. The van der Waals surface area contributed by atoms with E-state index in [-0.39, 0.29) is 17.4 Å². The van der Waals surface area contributed by atoms with Crippen LogP contribution in [0.2, 0.25) is 0 Å². The molecule has 4 nitrogen and oxygen atoms in total. The smallest absolute Gasteiger partial charge is 0.240 e. The summed E-state index contributed by atoms with van der Waals surface area (Å²) in [7, 11) is 0. The second kappa shape index (κ2) is 14.7. The van der Waals surface area contributed by atoms with Crippen molar-refractivity contribution in [3.63, 3.8) is 0 Å². The molecular formula is C38H54N2O2. The number of carbonyl (C=O) groups is 2. The molecule has 1 saturated heterocycles. The molecule has 5 rings (SSSR count). The van der Waals surface area contributed by atoms with Gasteiger partial charge in [-0.05, 0) is 42.9 Å². The Morgan fingerprint density at radius 3 is 1.93 bits per heavy atom. The number of hydrogen-bond donors (Lipinski definition) is 0. The number of carbonyl (C=O) groups excluding carboxylic acids is 2. The largest absolute Gasteiger partial charge is 0.336 e. The molecule has 4 heteroatoms. The van der Waals surface area contributed by atoms with Crippen LogP contribution in [0.1, 0.15) is 140 Å². The molecule has 0 bridgehead atoms. The van der Waals surface area contributed by atoms with Gasteiger partial charge in [-0.15, -0.1) is 0 Å². The third-order valence-corrected chi connectivity index (χ3v) is 10.7. The van der Waals surface area contributed by atoms with E-state index in [1.165, 1.54) is 70.6 Å². The van der Waals surface area contributed by atoms with Gasteiger partial charge in [0.05, 0.1) is 12.1 Å². The predicted molar refractivity (Wildman–Crippen MR) is 174 cm³/mol. The Morgan fingerprint density at radius 1 is 0.714 bits per heavy atom. The molecule has 0 radical (unpaired) electrons. The van der Waals surface area contributed by atoms with Crippen LogP contribution in [0.15, 0.2) is 54.6 Å². The molecule has 2 spiro atoms. The van der Waals surface area contributed by atoms with Gasteiger partial charge in [-0.3, -0.25) is 9.59 Å². The van der Waals surface area contributed by atoms with Gasteiger partial charge >= 0.3 is 0 Å². The van der Waals surface area contributed by atoms with Crippen LogP contribution in [-0.2, 0) is 21.5 Å². The lowest BCUT2D eigenvalue weighted by Gasteiger charge is -2.45. The summed E-state index contributed by atoms with van der Waals surface area (Å²) in [6, 6.07) is 18.8. The fourth-order valence-electron chi connectivity index (χ4n) is 8.54. The number of likely N-dealkylation sites (tertiary alicyclic amines) is 1. The van der Waals surface area contributed by atoms with E-state index in [1.807, 2.05) is 23.1 Å². The zero-order valence-corrected chi connectivity index (χ0v) is 26.3. The van der Waals surface area contributed by atoms with Crippen LogP contribution < -0.4 is 4.90 Å². The monoisotopic (exact) mass is 570 g/mol. The van der Waals surface area contributed by atoms with Crippen LogP contribution in [0.4, 0.5) is 5.69 Å². The summed E-state index contributed by atoms with van der Waals surface area (Å²) in [5.74, 6) is 0.495. The normalized spacial score (nSPS) is 20.7. The Bertz CT molecular complexity index is 1150. The Labute approximate surface area is 255 Å². The van der Waals surface area contributed by atoms with Crippen molar-refractivity contribution in [2.24, 2.45) is 0 Å². The van der Waals surface area contributed by atoms with Crippen LogP contribution in [0.3, 0.4) is 0 Å². The number of para-hydroxylation sites is 1. The first-order valence-electron chi connectivity index (χ1n) is 17.4. The molecule has 2 amide bonds. The van der Waals surface area contributed by atoms with E-state index in [2.05, 4.69) is 48.2 Å². The third-order valence-electron chi connectivity index (χ3n) is 10.7. The van der Waals surface area contributed by atoms with Crippen molar-refractivity contribution in [3.05, 3.63) is 65.7 Å². The van der Waals surface area contributed by atoms with Crippen molar-refractivity contribution < 1.29 is 9.59 Å². The number of amides is 2. The summed E-state index contributed by atoms with van der Waals surface area (Å²) in [5.41, 5.74) is 2.36. The first kappa shape index (κ1) is 30.8. The second-order valence-corrected chi connectivity index (χ2v) is 13.3. The highest BCUT2D eigenvalue weighted by molar-refractivity contribution is 6.10. The van der Waals surface area contributed by atoms with Gasteiger partial charge < -0.3 is 9.80 Å². The third kappa shape index (κ3) is 6.19. The molecule has 1 aliphatic carbocycles. The summed E-state index contributed by atoms with van der Waals surface area (Å²) >= 11 is 0. The lowest BCUT2D eigenvalue weighted by molar-refractivity contribution is -0.139. The molecule has 2 heterocycles. The van der Waals surface area contributed by atoms with Crippen LogP contribution in [0, 0.1) is 0 Å². The van der Waals surface area contributed by atoms with Crippen LogP contribution in [-0.4, -0.2) is 28.8 Å². The lowest BCUT2D eigenvalue weighted by Crippen LogP contribution is -2.59. The van der Waals surface area contributed by atoms with Crippen molar-refractivity contribution in [1.29, 1.82) is 0 Å². The highest BCUT2D eigenvalue weighted by atomic mass is 16.2. The van der Waals surface area contributed by atoms with Crippen molar-refractivity contribution >= 4 is 17.5 Å². The van der Waals surface area contributed by atoms with Gasteiger partial charge in [0.25, 0.3) is 0 Å². The fraction of sp³-hybridized carbons (Fsp3) is 0.632. The van der Waals surface area contributed by atoms with E-state index in [0.717, 1.165) is 61.8 Å². The first-order valence-corrected chi connectivity index (χ1v) is 17.4.